The van der Waals surface area contributed by atoms with Gasteiger partial charge in [0.05, 0.1) is 16.9 Å². The average molecular weight is 432 g/mol. The van der Waals surface area contributed by atoms with Crippen molar-refractivity contribution in [1.29, 1.82) is 0 Å². The van der Waals surface area contributed by atoms with Gasteiger partial charge < -0.3 is 10.3 Å². The van der Waals surface area contributed by atoms with Gasteiger partial charge in [0.25, 0.3) is 5.56 Å². The molecule has 0 unspecified atom stereocenters. The van der Waals surface area contributed by atoms with Crippen LogP contribution in [0.4, 0.5) is 0 Å². The number of rotatable bonds is 5. The summed E-state index contributed by atoms with van der Waals surface area (Å²) in [6, 6.07) is 26.3. The first kappa shape index (κ1) is 20.3. The molecule has 0 amide bonds. The van der Waals surface area contributed by atoms with E-state index in [2.05, 4.69) is 39.6 Å². The van der Waals surface area contributed by atoms with E-state index in [1.165, 1.54) is 0 Å². The summed E-state index contributed by atoms with van der Waals surface area (Å²) in [5, 5.41) is 4.09. The smallest absolute Gasteiger partial charge is 0.258 e. The molecule has 6 heteroatoms. The van der Waals surface area contributed by atoms with Crippen molar-refractivity contribution >= 4 is 39.2 Å². The number of benzene rings is 3. The molecule has 1 aromatic heterocycles. The van der Waals surface area contributed by atoms with Gasteiger partial charge in [0, 0.05) is 5.75 Å². The van der Waals surface area contributed by atoms with Crippen LogP contribution in [-0.2, 0) is 5.75 Å². The second kappa shape index (κ2) is 9.24. The number of H-pyrrole nitrogens is 1. The van der Waals surface area contributed by atoms with Crippen LogP contribution in [0.2, 0.25) is 0 Å². The molecule has 0 aliphatic carbocycles. The summed E-state index contributed by atoms with van der Waals surface area (Å²) in [6.45, 7) is 1.78. The molecular weight excluding hydrogens is 410 g/mol. The van der Waals surface area contributed by atoms with Gasteiger partial charge in [0.15, 0.2) is 0 Å². The van der Waals surface area contributed by atoms with Crippen LogP contribution in [0, 0.1) is 6.92 Å². The molecule has 1 heterocycles. The van der Waals surface area contributed by atoms with Gasteiger partial charge in [-0.2, -0.15) is 0 Å². The van der Waals surface area contributed by atoms with Gasteiger partial charge in [-0.3, -0.25) is 4.79 Å². The first-order valence-corrected chi connectivity index (χ1v) is 11.0. The molecule has 0 atom stereocenters. The van der Waals surface area contributed by atoms with Crippen LogP contribution in [0.15, 0.2) is 83.7 Å². The monoisotopic (exact) mass is 431 g/mol. The zero-order chi connectivity index (χ0) is 20.9. The summed E-state index contributed by atoms with van der Waals surface area (Å²) >= 11 is 7.19. The van der Waals surface area contributed by atoms with Crippen molar-refractivity contribution in [2.45, 2.75) is 18.7 Å². The van der Waals surface area contributed by atoms with Gasteiger partial charge >= 0.3 is 0 Å². The zero-order valence-corrected chi connectivity index (χ0v) is 18.1. The van der Waals surface area contributed by atoms with E-state index >= 15 is 0 Å². The minimum atomic E-state index is -0.113. The summed E-state index contributed by atoms with van der Waals surface area (Å²) in [5.74, 6) is 1.29. The van der Waals surface area contributed by atoms with Crippen molar-refractivity contribution in [3.05, 3.63) is 112 Å². The number of thiocarbonyl (C=S) groups is 1. The fraction of sp³-hybridized carbons (Fsp3) is 0.125. The molecule has 0 spiro atoms. The Kier molecular flexibility index (Phi) is 6.26. The topological polar surface area (TPSA) is 57.8 Å². The minimum absolute atomic E-state index is 0.0148. The number of aryl methyl sites for hydroxylation is 1. The van der Waals surface area contributed by atoms with Crippen LogP contribution >= 0.6 is 24.0 Å². The summed E-state index contributed by atoms with van der Waals surface area (Å²) in [6.07, 6.45) is 0. The second-order valence-corrected chi connectivity index (χ2v) is 8.63. The average Bonchev–Trinajstić information content (AvgIpc) is 2.77. The molecule has 4 aromatic rings. The zero-order valence-electron chi connectivity index (χ0n) is 16.5. The Labute approximate surface area is 184 Å². The Hall–Kier alpha value is -2.96. The largest absolute Gasteiger partial charge is 0.360 e. The quantitative estimate of drug-likeness (QED) is 0.429. The van der Waals surface area contributed by atoms with Crippen molar-refractivity contribution in [2.75, 3.05) is 0 Å². The minimum Gasteiger partial charge on any atom is -0.360 e. The van der Waals surface area contributed by atoms with Crippen molar-refractivity contribution in [3.8, 4) is 0 Å². The SMILES string of the molecule is Cc1nc2ccc(CSC(=S)NC(c3ccccc3)c3ccccc3)cc2c(=O)[nH]1. The fourth-order valence-corrected chi connectivity index (χ4v) is 4.32. The van der Waals surface area contributed by atoms with Crippen molar-refractivity contribution in [3.63, 3.8) is 0 Å². The molecule has 0 saturated heterocycles. The summed E-state index contributed by atoms with van der Waals surface area (Å²) in [5.41, 5.74) is 3.94. The highest BCUT2D eigenvalue weighted by Gasteiger charge is 2.15. The maximum atomic E-state index is 12.2. The molecule has 4 rings (SSSR count). The van der Waals surface area contributed by atoms with E-state index < -0.39 is 0 Å². The lowest BCUT2D eigenvalue weighted by atomic mass is 9.99. The third-order valence-corrected chi connectivity index (χ3v) is 6.12. The van der Waals surface area contributed by atoms with Crippen LogP contribution in [0.1, 0.15) is 28.6 Å². The highest BCUT2D eigenvalue weighted by atomic mass is 32.2. The number of hydrogen-bond donors (Lipinski definition) is 2. The molecule has 2 N–H and O–H groups in total. The number of nitrogens with zero attached hydrogens (tertiary/aromatic N) is 1. The van der Waals surface area contributed by atoms with Gasteiger partial charge in [-0.05, 0) is 35.7 Å². The second-order valence-electron chi connectivity index (χ2n) is 6.98. The molecule has 0 aliphatic heterocycles. The van der Waals surface area contributed by atoms with Crippen molar-refractivity contribution < 1.29 is 0 Å². The number of hydrogen-bond acceptors (Lipinski definition) is 4. The first-order chi connectivity index (χ1) is 14.6. The molecule has 0 aliphatic rings. The van der Waals surface area contributed by atoms with Gasteiger partial charge in [-0.25, -0.2) is 4.98 Å². The molecule has 150 valence electrons. The van der Waals surface area contributed by atoms with E-state index in [4.69, 9.17) is 12.2 Å². The van der Waals surface area contributed by atoms with Crippen LogP contribution in [0.5, 0.6) is 0 Å². The van der Waals surface area contributed by atoms with Gasteiger partial charge in [-0.1, -0.05) is 90.7 Å². The maximum Gasteiger partial charge on any atom is 0.258 e. The molecule has 30 heavy (non-hydrogen) atoms. The Bertz CT molecular complexity index is 1180. The van der Waals surface area contributed by atoms with Crippen molar-refractivity contribution in [1.82, 2.24) is 15.3 Å². The standard InChI is InChI=1S/C24H21N3OS2/c1-16-25-21-13-12-17(14-20(21)23(28)26-16)15-30-24(29)27-22(18-8-4-2-5-9-18)19-10-6-3-7-11-19/h2-14,22H,15H2,1H3,(H,27,29)(H,25,26,28). The lowest BCUT2D eigenvalue weighted by molar-refractivity contribution is 0.777. The highest BCUT2D eigenvalue weighted by Crippen LogP contribution is 2.24. The number of fused-ring (bicyclic) bond motifs is 1. The van der Waals surface area contributed by atoms with Gasteiger partial charge in [-0.15, -0.1) is 0 Å². The van der Waals surface area contributed by atoms with E-state index in [0.29, 0.717) is 26.8 Å². The maximum absolute atomic E-state index is 12.2. The van der Waals surface area contributed by atoms with Gasteiger partial charge in [0.2, 0.25) is 0 Å². The Morgan fingerprint density at radius 2 is 1.67 bits per heavy atom. The third-order valence-electron chi connectivity index (χ3n) is 4.79. The predicted octanol–water partition coefficient (Wildman–Crippen LogP) is 5.13. The van der Waals surface area contributed by atoms with Crippen molar-refractivity contribution in [2.24, 2.45) is 0 Å². The van der Waals surface area contributed by atoms with E-state index in [1.807, 2.05) is 54.6 Å². The van der Waals surface area contributed by atoms with E-state index in [-0.39, 0.29) is 11.6 Å². The molecular formula is C24H21N3OS2. The summed E-state index contributed by atoms with van der Waals surface area (Å²) in [4.78, 5) is 19.3. The van der Waals surface area contributed by atoms with Gasteiger partial charge in [0.1, 0.15) is 10.1 Å². The first-order valence-electron chi connectivity index (χ1n) is 9.63. The molecule has 0 fully saturated rings. The number of aromatic nitrogens is 2. The van der Waals surface area contributed by atoms with Crippen LogP contribution in [0.25, 0.3) is 10.9 Å². The summed E-state index contributed by atoms with van der Waals surface area (Å²) < 4.78 is 0.712. The number of thioether (sulfide) groups is 1. The molecule has 0 saturated carbocycles. The normalized spacial score (nSPS) is 11.0. The Morgan fingerprint density at radius 1 is 1.03 bits per heavy atom. The fourth-order valence-electron chi connectivity index (χ4n) is 3.35. The number of nitrogens with one attached hydrogen (secondary N) is 2. The van der Waals surface area contributed by atoms with Crippen LogP contribution < -0.4 is 10.9 Å². The number of aromatic amines is 1. The Morgan fingerprint density at radius 3 is 2.30 bits per heavy atom. The molecule has 0 radical (unpaired) electrons. The lowest BCUT2D eigenvalue weighted by Crippen LogP contribution is -2.25. The van der Waals surface area contributed by atoms with Crippen LogP contribution in [-0.4, -0.2) is 14.3 Å². The van der Waals surface area contributed by atoms with Crippen LogP contribution in [0.3, 0.4) is 0 Å². The highest BCUT2D eigenvalue weighted by molar-refractivity contribution is 8.22. The Balaban J connectivity index is 1.49. The molecule has 4 nitrogen and oxygen atoms in total. The molecule has 0 bridgehead atoms. The predicted molar refractivity (Wildman–Crippen MR) is 129 cm³/mol. The molecule has 3 aromatic carbocycles. The van der Waals surface area contributed by atoms with E-state index in [9.17, 15) is 4.79 Å². The summed E-state index contributed by atoms with van der Waals surface area (Å²) in [7, 11) is 0. The lowest BCUT2D eigenvalue weighted by Gasteiger charge is -2.21. The van der Waals surface area contributed by atoms with E-state index in [0.717, 1.165) is 16.7 Å². The third kappa shape index (κ3) is 4.78. The van der Waals surface area contributed by atoms with E-state index in [1.54, 1.807) is 18.7 Å².